The Labute approximate surface area is 146 Å². The molecular weight excluding hydrogens is 318 g/mol. The fraction of sp³-hybridized carbons (Fsp3) is 0.200. The second-order valence-electron chi connectivity index (χ2n) is 5.61. The Morgan fingerprint density at radius 1 is 1.12 bits per heavy atom. The normalized spacial score (nSPS) is 17.0. The lowest BCUT2D eigenvalue weighted by atomic mass is 10.1. The maximum absolute atomic E-state index is 12.4. The van der Waals surface area contributed by atoms with E-state index >= 15 is 0 Å². The van der Waals surface area contributed by atoms with Crippen molar-refractivity contribution in [2.75, 3.05) is 13.2 Å². The number of carbonyl (C=O) groups excluding carboxylic acids is 2. The molecule has 2 aromatic rings. The summed E-state index contributed by atoms with van der Waals surface area (Å²) in [5.41, 5.74) is 1.94. The van der Waals surface area contributed by atoms with Crippen LogP contribution in [0.5, 0.6) is 0 Å². The third-order valence-corrected chi connectivity index (χ3v) is 3.88. The van der Waals surface area contributed by atoms with Crippen LogP contribution in [0.2, 0.25) is 0 Å². The maximum Gasteiger partial charge on any atom is 0.417 e. The lowest BCUT2D eigenvalue weighted by molar-refractivity contribution is -0.124. The van der Waals surface area contributed by atoms with Crippen LogP contribution in [0.25, 0.3) is 0 Å². The number of cyclic esters (lactones) is 1. The van der Waals surface area contributed by atoms with E-state index in [-0.39, 0.29) is 6.61 Å². The zero-order valence-corrected chi connectivity index (χ0v) is 13.7. The van der Waals surface area contributed by atoms with Gasteiger partial charge >= 0.3 is 6.09 Å². The summed E-state index contributed by atoms with van der Waals surface area (Å²) in [6, 6.07) is 18.8. The smallest absolute Gasteiger partial charge is 0.417 e. The van der Waals surface area contributed by atoms with Crippen LogP contribution in [-0.4, -0.2) is 30.1 Å². The monoisotopic (exact) mass is 337 g/mol. The Morgan fingerprint density at radius 3 is 2.52 bits per heavy atom. The van der Waals surface area contributed by atoms with Gasteiger partial charge in [0.25, 0.3) is 5.91 Å². The molecule has 0 bridgehead atoms. The van der Waals surface area contributed by atoms with Crippen LogP contribution in [0.3, 0.4) is 0 Å². The number of imide groups is 1. The van der Waals surface area contributed by atoms with Crippen LogP contribution >= 0.6 is 0 Å². The minimum Gasteiger partial charge on any atom is -0.446 e. The molecule has 1 saturated heterocycles. The van der Waals surface area contributed by atoms with Crippen molar-refractivity contribution in [3.8, 4) is 0 Å². The molecule has 0 aliphatic carbocycles. The van der Waals surface area contributed by atoms with Crippen molar-refractivity contribution in [2.24, 2.45) is 0 Å². The van der Waals surface area contributed by atoms with Gasteiger partial charge in [0.15, 0.2) is 0 Å². The third-order valence-electron chi connectivity index (χ3n) is 3.88. The molecule has 2 aromatic carbocycles. The summed E-state index contributed by atoms with van der Waals surface area (Å²) in [5, 5.41) is 0. The number of benzene rings is 2. The highest BCUT2D eigenvalue weighted by Crippen LogP contribution is 2.27. The average Bonchev–Trinajstić information content (AvgIpc) is 3.04. The van der Waals surface area contributed by atoms with Gasteiger partial charge in [0.2, 0.25) is 0 Å². The molecule has 0 saturated carbocycles. The largest absolute Gasteiger partial charge is 0.446 e. The molecule has 1 heterocycles. The van der Waals surface area contributed by atoms with E-state index in [2.05, 4.69) is 0 Å². The molecule has 5 heteroatoms. The standard InChI is InChI=1S/C20H19NO4/c22-19(12-7-13-24-14-16-8-3-1-4-9-16)21-18(15-25-20(21)23)17-10-5-2-6-11-17/h1-12,18H,13-15H2/b12-7+/t18-/m0/s1. The SMILES string of the molecule is O=C(/C=C/COCc1ccccc1)N1C(=O)OC[C@H]1c1ccccc1. The van der Waals surface area contributed by atoms with Crippen LogP contribution in [0.4, 0.5) is 4.79 Å². The van der Waals surface area contributed by atoms with Crippen molar-refractivity contribution >= 4 is 12.0 Å². The first kappa shape index (κ1) is 16.9. The van der Waals surface area contributed by atoms with Crippen molar-refractivity contribution < 1.29 is 19.1 Å². The number of hydrogen-bond donors (Lipinski definition) is 0. The molecule has 1 atom stereocenters. The van der Waals surface area contributed by atoms with E-state index in [9.17, 15) is 9.59 Å². The first-order valence-electron chi connectivity index (χ1n) is 8.09. The summed E-state index contributed by atoms with van der Waals surface area (Å²) in [6.07, 6.45) is 2.35. The van der Waals surface area contributed by atoms with Gasteiger partial charge < -0.3 is 9.47 Å². The minimum absolute atomic E-state index is 0.174. The lowest BCUT2D eigenvalue weighted by Crippen LogP contribution is -2.32. The zero-order valence-electron chi connectivity index (χ0n) is 13.7. The first-order chi connectivity index (χ1) is 12.3. The van der Waals surface area contributed by atoms with Gasteiger partial charge in [-0.25, -0.2) is 9.69 Å². The molecule has 1 fully saturated rings. The molecule has 1 aliphatic heterocycles. The van der Waals surface area contributed by atoms with Crippen LogP contribution in [0.15, 0.2) is 72.8 Å². The average molecular weight is 337 g/mol. The van der Waals surface area contributed by atoms with E-state index in [0.717, 1.165) is 16.0 Å². The third kappa shape index (κ3) is 4.33. The summed E-state index contributed by atoms with van der Waals surface area (Å²) >= 11 is 0. The van der Waals surface area contributed by atoms with E-state index in [1.54, 1.807) is 6.08 Å². The Bertz CT molecular complexity index is 743. The van der Waals surface area contributed by atoms with E-state index in [0.29, 0.717) is 13.2 Å². The van der Waals surface area contributed by atoms with Gasteiger partial charge in [-0.3, -0.25) is 4.79 Å². The van der Waals surface area contributed by atoms with Gasteiger partial charge in [-0.2, -0.15) is 0 Å². The zero-order chi connectivity index (χ0) is 17.5. The number of carbonyl (C=O) groups is 2. The second-order valence-corrected chi connectivity index (χ2v) is 5.61. The fourth-order valence-corrected chi connectivity index (χ4v) is 2.63. The summed E-state index contributed by atoms with van der Waals surface area (Å²) in [6.45, 7) is 0.935. The van der Waals surface area contributed by atoms with Crippen molar-refractivity contribution in [2.45, 2.75) is 12.6 Å². The second kappa shape index (κ2) is 8.26. The number of rotatable bonds is 6. The molecule has 0 spiro atoms. The summed E-state index contributed by atoms with van der Waals surface area (Å²) in [4.78, 5) is 25.4. The fourth-order valence-electron chi connectivity index (χ4n) is 2.63. The van der Waals surface area contributed by atoms with Crippen LogP contribution < -0.4 is 0 Å². The van der Waals surface area contributed by atoms with E-state index in [1.807, 2.05) is 60.7 Å². The summed E-state index contributed by atoms with van der Waals surface area (Å²) in [7, 11) is 0. The van der Waals surface area contributed by atoms with E-state index < -0.39 is 18.0 Å². The van der Waals surface area contributed by atoms with Crippen molar-refractivity contribution in [3.63, 3.8) is 0 Å². The van der Waals surface area contributed by atoms with Gasteiger partial charge in [0.1, 0.15) is 12.6 Å². The Hall–Kier alpha value is -2.92. The van der Waals surface area contributed by atoms with Gasteiger partial charge in [0.05, 0.1) is 13.2 Å². The molecule has 2 amide bonds. The molecule has 1 aliphatic rings. The quantitative estimate of drug-likeness (QED) is 0.598. The van der Waals surface area contributed by atoms with Crippen LogP contribution in [-0.2, 0) is 20.9 Å². The maximum atomic E-state index is 12.4. The number of hydrogen-bond acceptors (Lipinski definition) is 4. The molecule has 25 heavy (non-hydrogen) atoms. The number of nitrogens with zero attached hydrogens (tertiary/aromatic N) is 1. The highest BCUT2D eigenvalue weighted by atomic mass is 16.6. The predicted molar refractivity (Wildman–Crippen MR) is 92.6 cm³/mol. The number of amides is 2. The van der Waals surface area contributed by atoms with E-state index in [4.69, 9.17) is 9.47 Å². The van der Waals surface area contributed by atoms with Crippen LogP contribution in [0, 0.1) is 0 Å². The Balaban J connectivity index is 1.55. The Morgan fingerprint density at radius 2 is 1.80 bits per heavy atom. The molecule has 0 radical (unpaired) electrons. The van der Waals surface area contributed by atoms with Crippen LogP contribution in [0.1, 0.15) is 17.2 Å². The lowest BCUT2D eigenvalue weighted by Gasteiger charge is -2.18. The molecule has 5 nitrogen and oxygen atoms in total. The van der Waals surface area contributed by atoms with E-state index in [1.165, 1.54) is 6.08 Å². The molecular formula is C20H19NO4. The highest BCUT2D eigenvalue weighted by Gasteiger charge is 2.37. The molecule has 0 unspecified atom stereocenters. The summed E-state index contributed by atoms with van der Waals surface area (Å²) < 4.78 is 10.5. The molecule has 0 N–H and O–H groups in total. The summed E-state index contributed by atoms with van der Waals surface area (Å²) in [5.74, 6) is -0.403. The van der Waals surface area contributed by atoms with Crippen molar-refractivity contribution in [1.29, 1.82) is 0 Å². The topological polar surface area (TPSA) is 55.8 Å². The van der Waals surface area contributed by atoms with Crippen molar-refractivity contribution in [3.05, 3.63) is 83.9 Å². The van der Waals surface area contributed by atoms with Gasteiger partial charge in [-0.05, 0) is 11.1 Å². The minimum atomic E-state index is -0.617. The molecule has 128 valence electrons. The highest BCUT2D eigenvalue weighted by molar-refractivity contribution is 5.99. The Kier molecular flexibility index (Phi) is 5.59. The van der Waals surface area contributed by atoms with Gasteiger partial charge in [-0.15, -0.1) is 0 Å². The van der Waals surface area contributed by atoms with Gasteiger partial charge in [0, 0.05) is 6.08 Å². The van der Waals surface area contributed by atoms with Gasteiger partial charge in [-0.1, -0.05) is 66.7 Å². The molecule has 0 aromatic heterocycles. The number of ether oxygens (including phenoxy) is 2. The predicted octanol–water partition coefficient (Wildman–Crippen LogP) is 3.48. The van der Waals surface area contributed by atoms with Crippen molar-refractivity contribution in [1.82, 2.24) is 4.90 Å². The molecule has 3 rings (SSSR count). The first-order valence-corrected chi connectivity index (χ1v) is 8.09.